The van der Waals surface area contributed by atoms with Gasteiger partial charge in [-0.1, -0.05) is 18.5 Å². The van der Waals surface area contributed by atoms with Crippen LogP contribution in [0.15, 0.2) is 12.1 Å². The molecule has 138 valence electrons. The van der Waals surface area contributed by atoms with E-state index in [4.69, 9.17) is 16.3 Å². The average molecular weight is 388 g/mol. The Morgan fingerprint density at radius 2 is 2.28 bits per heavy atom. The summed E-state index contributed by atoms with van der Waals surface area (Å²) in [6, 6.07) is 3.25. The fourth-order valence-corrected chi connectivity index (χ4v) is 3.43. The number of ether oxygens (including phenoxy) is 1. The van der Waals surface area contributed by atoms with Crippen LogP contribution >= 0.6 is 24.0 Å². The van der Waals surface area contributed by atoms with Crippen LogP contribution in [0.4, 0.5) is 11.4 Å². The summed E-state index contributed by atoms with van der Waals surface area (Å²) < 4.78 is 5.36. The molecule has 0 radical (unpaired) electrons. The van der Waals surface area contributed by atoms with Crippen molar-refractivity contribution >= 4 is 47.2 Å². The fourth-order valence-electron chi connectivity index (χ4n) is 3.22. The highest BCUT2D eigenvalue weighted by atomic mass is 35.5. The first-order chi connectivity index (χ1) is 11.5. The second-order valence-electron chi connectivity index (χ2n) is 6.50. The van der Waals surface area contributed by atoms with Gasteiger partial charge in [0, 0.05) is 12.5 Å². The Balaban J connectivity index is 0.00000225. The van der Waals surface area contributed by atoms with Crippen molar-refractivity contribution in [2.45, 2.75) is 26.2 Å². The zero-order valence-electron chi connectivity index (χ0n) is 14.1. The van der Waals surface area contributed by atoms with Gasteiger partial charge in [0.15, 0.2) is 6.61 Å². The summed E-state index contributed by atoms with van der Waals surface area (Å²) in [7, 11) is 0. The van der Waals surface area contributed by atoms with Gasteiger partial charge < -0.3 is 20.7 Å². The number of rotatable bonds is 4. The van der Waals surface area contributed by atoms with Gasteiger partial charge in [-0.25, -0.2) is 0 Å². The zero-order chi connectivity index (χ0) is 17.1. The number of piperidine rings is 1. The monoisotopic (exact) mass is 387 g/mol. The third-order valence-electron chi connectivity index (χ3n) is 4.62. The topological polar surface area (TPSA) is 79.5 Å². The van der Waals surface area contributed by atoms with Gasteiger partial charge in [0.1, 0.15) is 5.75 Å². The van der Waals surface area contributed by atoms with Crippen molar-refractivity contribution in [3.8, 4) is 5.75 Å². The third kappa shape index (κ3) is 5.00. The molecule has 8 heteroatoms. The van der Waals surface area contributed by atoms with Crippen molar-refractivity contribution < 1.29 is 14.3 Å². The van der Waals surface area contributed by atoms with Crippen LogP contribution < -0.4 is 20.7 Å². The van der Waals surface area contributed by atoms with Crippen molar-refractivity contribution in [3.63, 3.8) is 0 Å². The van der Waals surface area contributed by atoms with Crippen molar-refractivity contribution in [3.05, 3.63) is 17.2 Å². The average Bonchev–Trinajstić information content (AvgIpc) is 2.56. The molecule has 1 aromatic rings. The Bertz CT molecular complexity index is 648. The SMILES string of the molecule is CC(CC(=O)Nc1cc2c(cc1Cl)NC(=O)CO2)C1CCCNC1.Cl. The lowest BCUT2D eigenvalue weighted by Gasteiger charge is -2.28. The van der Waals surface area contributed by atoms with E-state index >= 15 is 0 Å². The molecule has 25 heavy (non-hydrogen) atoms. The summed E-state index contributed by atoms with van der Waals surface area (Å²) in [5.41, 5.74) is 1.03. The van der Waals surface area contributed by atoms with Gasteiger partial charge in [-0.3, -0.25) is 9.59 Å². The van der Waals surface area contributed by atoms with Gasteiger partial charge in [-0.2, -0.15) is 0 Å². The molecule has 2 aliphatic rings. The molecular weight excluding hydrogens is 365 g/mol. The Labute approximate surface area is 158 Å². The lowest BCUT2D eigenvalue weighted by molar-refractivity contribution is -0.119. The summed E-state index contributed by atoms with van der Waals surface area (Å²) >= 11 is 6.21. The maximum Gasteiger partial charge on any atom is 0.262 e. The quantitative estimate of drug-likeness (QED) is 0.741. The predicted octanol–water partition coefficient (Wildman–Crippen LogP) is 3.06. The van der Waals surface area contributed by atoms with E-state index in [1.54, 1.807) is 12.1 Å². The molecule has 1 saturated heterocycles. The minimum atomic E-state index is -0.217. The van der Waals surface area contributed by atoms with Crippen LogP contribution in [0.25, 0.3) is 0 Å². The molecule has 0 saturated carbocycles. The number of nitrogens with one attached hydrogen (secondary N) is 3. The number of benzene rings is 1. The minimum absolute atomic E-state index is 0. The smallest absolute Gasteiger partial charge is 0.262 e. The first kappa shape index (κ1) is 19.8. The lowest BCUT2D eigenvalue weighted by Crippen LogP contribution is -2.34. The summed E-state index contributed by atoms with van der Waals surface area (Å²) in [5, 5.41) is 9.30. The molecule has 3 rings (SSSR count). The normalized spacial score (nSPS) is 20.4. The summed E-state index contributed by atoms with van der Waals surface area (Å²) in [5.74, 6) is 1.07. The Hall–Kier alpha value is -1.50. The molecule has 1 aromatic carbocycles. The van der Waals surface area contributed by atoms with E-state index in [0.717, 1.165) is 25.9 Å². The molecule has 6 nitrogen and oxygen atoms in total. The molecule has 0 aromatic heterocycles. The van der Waals surface area contributed by atoms with Crippen LogP contribution in [0.2, 0.25) is 5.02 Å². The molecule has 2 aliphatic heterocycles. The van der Waals surface area contributed by atoms with E-state index in [0.29, 0.717) is 40.4 Å². The van der Waals surface area contributed by atoms with Gasteiger partial charge >= 0.3 is 0 Å². The number of carbonyl (C=O) groups is 2. The van der Waals surface area contributed by atoms with Crippen LogP contribution in [0, 0.1) is 11.8 Å². The van der Waals surface area contributed by atoms with Gasteiger partial charge in [-0.15, -0.1) is 12.4 Å². The largest absolute Gasteiger partial charge is 0.482 e. The number of hydrogen-bond acceptors (Lipinski definition) is 4. The first-order valence-corrected chi connectivity index (χ1v) is 8.67. The van der Waals surface area contributed by atoms with Crippen LogP contribution in [0.5, 0.6) is 5.75 Å². The molecule has 1 fully saturated rings. The molecule has 3 N–H and O–H groups in total. The molecule has 0 spiro atoms. The summed E-state index contributed by atoms with van der Waals surface area (Å²) in [4.78, 5) is 23.7. The molecule has 2 amide bonds. The van der Waals surface area contributed by atoms with E-state index in [2.05, 4.69) is 22.9 Å². The highest BCUT2D eigenvalue weighted by molar-refractivity contribution is 6.34. The summed E-state index contributed by atoms with van der Waals surface area (Å²) in [6.07, 6.45) is 2.78. The predicted molar refractivity (Wildman–Crippen MR) is 101 cm³/mol. The zero-order valence-corrected chi connectivity index (χ0v) is 15.6. The van der Waals surface area contributed by atoms with E-state index in [9.17, 15) is 9.59 Å². The van der Waals surface area contributed by atoms with E-state index < -0.39 is 0 Å². The van der Waals surface area contributed by atoms with Crippen LogP contribution in [-0.4, -0.2) is 31.5 Å². The minimum Gasteiger partial charge on any atom is -0.482 e. The van der Waals surface area contributed by atoms with Crippen molar-refractivity contribution in [2.75, 3.05) is 30.3 Å². The van der Waals surface area contributed by atoms with Gasteiger partial charge in [0.2, 0.25) is 5.91 Å². The molecule has 2 heterocycles. The molecule has 2 unspecified atom stereocenters. The fraction of sp³-hybridized carbons (Fsp3) is 0.529. The Kier molecular flexibility index (Phi) is 6.93. The molecular formula is C17H23Cl2N3O3. The summed E-state index contributed by atoms with van der Waals surface area (Å²) in [6.45, 7) is 4.12. The van der Waals surface area contributed by atoms with Gasteiger partial charge in [0.05, 0.1) is 16.4 Å². The molecule has 2 atom stereocenters. The van der Waals surface area contributed by atoms with Crippen LogP contribution in [0.1, 0.15) is 26.2 Å². The number of anilines is 2. The second kappa shape index (κ2) is 8.74. The van der Waals surface area contributed by atoms with E-state index in [-0.39, 0.29) is 30.8 Å². The van der Waals surface area contributed by atoms with Crippen LogP contribution in [-0.2, 0) is 9.59 Å². The van der Waals surface area contributed by atoms with Crippen LogP contribution in [0.3, 0.4) is 0 Å². The number of hydrogen-bond donors (Lipinski definition) is 3. The third-order valence-corrected chi connectivity index (χ3v) is 4.94. The molecule has 0 bridgehead atoms. The van der Waals surface area contributed by atoms with E-state index in [1.165, 1.54) is 0 Å². The first-order valence-electron chi connectivity index (χ1n) is 8.29. The van der Waals surface area contributed by atoms with Crippen molar-refractivity contribution in [1.29, 1.82) is 0 Å². The number of amides is 2. The Morgan fingerprint density at radius 3 is 3.00 bits per heavy atom. The highest BCUT2D eigenvalue weighted by Gasteiger charge is 2.23. The van der Waals surface area contributed by atoms with Crippen molar-refractivity contribution in [1.82, 2.24) is 5.32 Å². The van der Waals surface area contributed by atoms with Gasteiger partial charge in [-0.05, 0) is 43.8 Å². The highest BCUT2D eigenvalue weighted by Crippen LogP contribution is 2.36. The lowest BCUT2D eigenvalue weighted by atomic mass is 9.85. The number of carbonyl (C=O) groups excluding carboxylic acids is 2. The van der Waals surface area contributed by atoms with Gasteiger partial charge in [0.25, 0.3) is 5.91 Å². The second-order valence-corrected chi connectivity index (χ2v) is 6.91. The van der Waals surface area contributed by atoms with Crippen molar-refractivity contribution in [2.24, 2.45) is 11.8 Å². The standard InChI is InChI=1S/C17H22ClN3O3.ClH/c1-10(11-3-2-4-19-8-11)5-16(22)20-13-7-15-14(6-12(13)18)21-17(23)9-24-15;/h6-7,10-11,19H,2-5,8-9H2,1H3,(H,20,22)(H,21,23);1H. The number of halogens is 2. The Morgan fingerprint density at radius 1 is 1.48 bits per heavy atom. The number of fused-ring (bicyclic) bond motifs is 1. The maximum absolute atomic E-state index is 12.3. The van der Waals surface area contributed by atoms with E-state index in [1.807, 2.05) is 0 Å². The maximum atomic E-state index is 12.3. The molecule has 0 aliphatic carbocycles.